The van der Waals surface area contributed by atoms with Gasteiger partial charge in [0.1, 0.15) is 18.2 Å². The van der Waals surface area contributed by atoms with Gasteiger partial charge in [0, 0.05) is 25.2 Å². The maximum Gasteiger partial charge on any atom is 0.236 e. The zero-order valence-corrected chi connectivity index (χ0v) is 21.1. The van der Waals surface area contributed by atoms with Gasteiger partial charge < -0.3 is 4.74 Å². The zero-order valence-electron chi connectivity index (χ0n) is 21.1. The molecule has 7 rings (SSSR count). The number of aromatic nitrogens is 1. The Morgan fingerprint density at radius 3 is 2.25 bits per heavy atom. The average molecular weight is 483 g/mol. The van der Waals surface area contributed by atoms with Crippen LogP contribution in [0, 0.1) is 5.82 Å². The van der Waals surface area contributed by atoms with E-state index in [1.165, 1.54) is 11.2 Å². The summed E-state index contributed by atoms with van der Waals surface area (Å²) in [5, 5.41) is 2.32. The first-order chi connectivity index (χ1) is 17.5. The molecule has 2 bridgehead atoms. The molecule has 0 unspecified atom stereocenters. The van der Waals surface area contributed by atoms with E-state index in [1.54, 1.807) is 12.1 Å². The number of hydrogen-bond donors (Lipinski definition) is 0. The van der Waals surface area contributed by atoms with Gasteiger partial charge in [-0.25, -0.2) is 4.39 Å². The Balaban J connectivity index is 1.54. The van der Waals surface area contributed by atoms with Gasteiger partial charge in [-0.3, -0.25) is 9.38 Å². The van der Waals surface area contributed by atoms with Crippen LogP contribution in [-0.2, 0) is 6.61 Å². The van der Waals surface area contributed by atoms with Gasteiger partial charge in [-0.2, -0.15) is 4.98 Å². The molecule has 5 heteroatoms. The molecule has 3 fully saturated rings. The summed E-state index contributed by atoms with van der Waals surface area (Å²) in [4.78, 5) is 8.02. The molecule has 1 aromatic heterocycles. The Morgan fingerprint density at radius 2 is 1.58 bits per heavy atom. The van der Waals surface area contributed by atoms with Gasteiger partial charge in [0.2, 0.25) is 5.82 Å². The molecule has 0 radical (unpaired) electrons. The van der Waals surface area contributed by atoms with Crippen LogP contribution in [0.5, 0.6) is 5.75 Å². The average Bonchev–Trinajstić information content (AvgIpc) is 2.93. The maximum absolute atomic E-state index is 13.8. The molecule has 3 aliphatic heterocycles. The molecule has 4 aromatic rings. The van der Waals surface area contributed by atoms with Crippen molar-refractivity contribution < 1.29 is 9.13 Å². The van der Waals surface area contributed by atoms with Crippen LogP contribution in [0.2, 0.25) is 0 Å². The molecule has 0 N–H and O–H groups in total. The van der Waals surface area contributed by atoms with E-state index in [0.717, 1.165) is 77.3 Å². The van der Waals surface area contributed by atoms with Gasteiger partial charge >= 0.3 is 0 Å². The lowest BCUT2D eigenvalue weighted by Gasteiger charge is -2.49. The lowest BCUT2D eigenvalue weighted by molar-refractivity contribution is 0.0665. The van der Waals surface area contributed by atoms with E-state index in [1.807, 2.05) is 30.3 Å². The third-order valence-electron chi connectivity index (χ3n) is 7.89. The maximum atomic E-state index is 13.8. The number of quaternary nitrogens is 1. The second-order valence-electron chi connectivity index (χ2n) is 10.5. The first kappa shape index (κ1) is 23.1. The number of nitrogens with zero attached hydrogens (tertiary/aromatic N) is 3. The van der Waals surface area contributed by atoms with E-state index in [0.29, 0.717) is 6.61 Å². The van der Waals surface area contributed by atoms with Crippen molar-refractivity contribution in [1.29, 1.82) is 0 Å². The smallest absolute Gasteiger partial charge is 0.236 e. The summed E-state index contributed by atoms with van der Waals surface area (Å²) in [5.74, 6) is 2.04. The first-order valence-electron chi connectivity index (χ1n) is 13.0. The number of fused-ring (bicyclic) bond motifs is 4. The zero-order chi connectivity index (χ0) is 24.7. The molecule has 3 saturated heterocycles. The molecule has 184 valence electrons. The Kier molecular flexibility index (Phi) is 5.98. The molecular formula is C31H33FN3O+. The van der Waals surface area contributed by atoms with Crippen LogP contribution in [0.15, 0.2) is 72.8 Å². The third-order valence-corrected chi connectivity index (χ3v) is 7.89. The fourth-order valence-corrected chi connectivity index (χ4v) is 5.81. The number of halogens is 1. The van der Waals surface area contributed by atoms with Gasteiger partial charge in [0.05, 0.1) is 30.7 Å². The first-order valence-corrected chi connectivity index (χ1v) is 13.0. The standard InChI is InChI=1S/C31H33FN3O/c1-22(2)30-29(24-8-10-25(32)11-9-24)27-13-12-26(36-21-23-6-4-3-5-7-23)20-28(27)31(33-30)35-17-14-34(15-18-35)16-19-35/h3-13,20,22H,14-19,21H2,1-2H3/q+1. The number of ether oxygens (including phenoxy) is 1. The van der Waals surface area contributed by atoms with E-state index in [2.05, 4.69) is 49.1 Å². The van der Waals surface area contributed by atoms with E-state index in [9.17, 15) is 4.39 Å². The summed E-state index contributed by atoms with van der Waals surface area (Å²) >= 11 is 0. The largest absolute Gasteiger partial charge is 0.489 e. The fraction of sp³-hybridized carbons (Fsp3) is 0.323. The number of pyridine rings is 1. The van der Waals surface area contributed by atoms with Crippen LogP contribution in [0.1, 0.15) is 31.0 Å². The molecule has 36 heavy (non-hydrogen) atoms. The Hall–Kier alpha value is -3.28. The summed E-state index contributed by atoms with van der Waals surface area (Å²) < 4.78 is 21.0. The summed E-state index contributed by atoms with van der Waals surface area (Å²) in [7, 11) is 0. The lowest BCUT2D eigenvalue weighted by Crippen LogP contribution is -2.68. The van der Waals surface area contributed by atoms with Crippen molar-refractivity contribution in [3.63, 3.8) is 0 Å². The SMILES string of the molecule is CC(C)c1nc([N+]23CCN(CC2)CC3)c2cc(OCc3ccccc3)ccc2c1-c1ccc(F)cc1. The number of hydrogen-bond acceptors (Lipinski definition) is 3. The molecule has 0 atom stereocenters. The van der Waals surface area contributed by atoms with Crippen LogP contribution in [-0.4, -0.2) is 49.2 Å². The summed E-state index contributed by atoms with van der Waals surface area (Å²) in [6, 6.07) is 23.5. The normalized spacial score (nSPS) is 21.3. The lowest BCUT2D eigenvalue weighted by atomic mass is 9.91. The van der Waals surface area contributed by atoms with E-state index < -0.39 is 0 Å². The van der Waals surface area contributed by atoms with Gasteiger partial charge in [-0.05, 0) is 52.8 Å². The highest BCUT2D eigenvalue weighted by atomic mass is 19.1. The van der Waals surface area contributed by atoms with Crippen molar-refractivity contribution >= 4 is 16.6 Å². The second kappa shape index (κ2) is 9.30. The van der Waals surface area contributed by atoms with Crippen LogP contribution in [0.25, 0.3) is 21.9 Å². The van der Waals surface area contributed by atoms with Gasteiger partial charge in [-0.15, -0.1) is 0 Å². The van der Waals surface area contributed by atoms with E-state index >= 15 is 0 Å². The molecule has 0 spiro atoms. The summed E-state index contributed by atoms with van der Waals surface area (Å²) in [6.45, 7) is 11.5. The molecule has 3 aliphatic rings. The van der Waals surface area contributed by atoms with Crippen molar-refractivity contribution in [1.82, 2.24) is 14.4 Å². The Morgan fingerprint density at radius 1 is 0.889 bits per heavy atom. The Labute approximate surface area is 212 Å². The molecule has 0 amide bonds. The second-order valence-corrected chi connectivity index (χ2v) is 10.5. The predicted octanol–water partition coefficient (Wildman–Crippen LogP) is 6.38. The van der Waals surface area contributed by atoms with Crippen molar-refractivity contribution in [3.8, 4) is 16.9 Å². The number of piperazine rings is 3. The molecule has 4 nitrogen and oxygen atoms in total. The predicted molar refractivity (Wildman–Crippen MR) is 145 cm³/mol. The van der Waals surface area contributed by atoms with Crippen molar-refractivity contribution in [3.05, 3.63) is 89.9 Å². The number of rotatable bonds is 6. The minimum atomic E-state index is -0.222. The minimum Gasteiger partial charge on any atom is -0.489 e. The topological polar surface area (TPSA) is 25.4 Å². The van der Waals surface area contributed by atoms with Crippen molar-refractivity contribution in [2.24, 2.45) is 0 Å². The van der Waals surface area contributed by atoms with Crippen LogP contribution in [0.3, 0.4) is 0 Å². The monoisotopic (exact) mass is 482 g/mol. The fourth-order valence-electron chi connectivity index (χ4n) is 5.81. The van der Waals surface area contributed by atoms with Crippen LogP contribution >= 0.6 is 0 Å². The number of benzene rings is 3. The minimum absolute atomic E-state index is 0.222. The van der Waals surface area contributed by atoms with Gasteiger partial charge in [0.15, 0.2) is 0 Å². The van der Waals surface area contributed by atoms with E-state index in [-0.39, 0.29) is 11.7 Å². The molecular weight excluding hydrogens is 449 g/mol. The highest BCUT2D eigenvalue weighted by molar-refractivity contribution is 6.03. The van der Waals surface area contributed by atoms with Crippen LogP contribution in [0.4, 0.5) is 10.2 Å². The summed E-state index contributed by atoms with van der Waals surface area (Å²) in [6.07, 6.45) is 0. The summed E-state index contributed by atoms with van der Waals surface area (Å²) in [5.41, 5.74) is 4.34. The van der Waals surface area contributed by atoms with E-state index in [4.69, 9.17) is 9.72 Å². The van der Waals surface area contributed by atoms with Gasteiger partial charge in [-0.1, -0.05) is 56.3 Å². The van der Waals surface area contributed by atoms with Crippen LogP contribution < -0.4 is 9.22 Å². The third kappa shape index (κ3) is 4.16. The Bertz CT molecular complexity index is 1360. The quantitative estimate of drug-likeness (QED) is 0.298. The van der Waals surface area contributed by atoms with Crippen molar-refractivity contribution in [2.75, 3.05) is 39.3 Å². The molecule has 3 aromatic carbocycles. The van der Waals surface area contributed by atoms with Crippen molar-refractivity contribution in [2.45, 2.75) is 26.4 Å². The molecule has 0 saturated carbocycles. The highest BCUT2D eigenvalue weighted by Gasteiger charge is 2.43. The molecule has 4 heterocycles. The van der Waals surface area contributed by atoms with Gasteiger partial charge in [0.25, 0.3) is 0 Å². The highest BCUT2D eigenvalue weighted by Crippen LogP contribution is 2.43. The molecule has 0 aliphatic carbocycles.